The summed E-state index contributed by atoms with van der Waals surface area (Å²) in [6, 6.07) is 18.6. The van der Waals surface area contributed by atoms with Crippen molar-refractivity contribution < 1.29 is 32.8 Å². The van der Waals surface area contributed by atoms with Crippen molar-refractivity contribution in [1.29, 1.82) is 0 Å². The Morgan fingerprint density at radius 3 is 1.85 bits per heavy atom. The number of fused-ring (bicyclic) bond motifs is 1. The van der Waals surface area contributed by atoms with Crippen molar-refractivity contribution in [2.24, 2.45) is 5.92 Å². The first kappa shape index (κ1) is 37.4. The van der Waals surface area contributed by atoms with Crippen LogP contribution in [0.1, 0.15) is 27.7 Å². The van der Waals surface area contributed by atoms with Crippen molar-refractivity contribution in [3.63, 3.8) is 0 Å². The zero-order chi connectivity index (χ0) is 22.3. The van der Waals surface area contributed by atoms with Crippen LogP contribution in [-0.4, -0.2) is 21.1 Å². The Labute approximate surface area is 236 Å². The van der Waals surface area contributed by atoms with Crippen LogP contribution in [0.5, 0.6) is 11.5 Å². The van der Waals surface area contributed by atoms with Gasteiger partial charge in [-0.2, -0.15) is 11.1 Å². The summed E-state index contributed by atoms with van der Waals surface area (Å²) >= 11 is 1.36. The summed E-state index contributed by atoms with van der Waals surface area (Å²) in [5, 5.41) is 2.50. The zero-order valence-corrected chi connectivity index (χ0v) is 26.5. The average Bonchev–Trinajstić information content (AvgIpc) is 3.32. The number of methoxy groups -OCH3 is 2. The van der Waals surface area contributed by atoms with Gasteiger partial charge in [0.25, 0.3) is 0 Å². The number of benzene rings is 2. The van der Waals surface area contributed by atoms with E-state index in [-0.39, 0.29) is 39.7 Å². The normalized spacial score (nSPS) is 13.2. The average molecular weight is 595 g/mol. The Morgan fingerprint density at radius 2 is 1.44 bits per heavy atom. The fourth-order valence-corrected chi connectivity index (χ4v) is 3.53. The number of hydrogen-bond donors (Lipinski definition) is 0. The summed E-state index contributed by atoms with van der Waals surface area (Å²) in [5.41, 5.74) is 6.56. The van der Waals surface area contributed by atoms with Crippen molar-refractivity contribution in [3.05, 3.63) is 92.2 Å². The first-order valence-electron chi connectivity index (χ1n) is 9.85. The molecular formula is C28H36Cl2O2SiZr-4. The van der Waals surface area contributed by atoms with Gasteiger partial charge in [0.15, 0.2) is 0 Å². The van der Waals surface area contributed by atoms with E-state index in [1.807, 2.05) is 18.2 Å². The third-order valence-electron chi connectivity index (χ3n) is 5.58. The Balaban J connectivity index is -0.000000555. The Kier molecular flexibility index (Phi) is 19.9. The second-order valence-corrected chi connectivity index (χ2v) is 7.23. The maximum atomic E-state index is 5.33. The van der Waals surface area contributed by atoms with Gasteiger partial charge in [0.1, 0.15) is 11.5 Å². The van der Waals surface area contributed by atoms with Crippen LogP contribution in [0.15, 0.2) is 71.3 Å². The molecule has 0 bridgehead atoms. The fourth-order valence-electron chi connectivity index (χ4n) is 3.53. The SMILES string of the molecule is CC1=[C-]C(C)C(C)=C1C.COc1cc(OC)cc(-c2c[cH-]c3ccccc23)c1.Cl.Cl.[CH3-].[CH3-].[Si]=[Zr]. The molecule has 0 fully saturated rings. The minimum atomic E-state index is 0. The van der Waals surface area contributed by atoms with Crippen LogP contribution in [0, 0.1) is 26.8 Å². The van der Waals surface area contributed by atoms with Gasteiger partial charge >= 0.3 is 30.2 Å². The van der Waals surface area contributed by atoms with Gasteiger partial charge in [-0.05, 0) is 12.1 Å². The summed E-state index contributed by atoms with van der Waals surface area (Å²) in [6.07, 6.45) is 3.36. The Hall–Kier alpha value is -1.19. The van der Waals surface area contributed by atoms with E-state index in [1.54, 1.807) is 14.2 Å². The van der Waals surface area contributed by atoms with Crippen LogP contribution in [0.2, 0.25) is 0 Å². The number of allylic oxidation sites excluding steroid dienone is 4. The van der Waals surface area contributed by atoms with Crippen molar-refractivity contribution >= 4 is 42.5 Å². The molecule has 0 saturated heterocycles. The van der Waals surface area contributed by atoms with Crippen LogP contribution in [-0.2, 0) is 23.3 Å². The molecule has 0 aromatic heterocycles. The Bertz CT molecular complexity index is 1050. The van der Waals surface area contributed by atoms with E-state index in [1.165, 1.54) is 56.4 Å². The van der Waals surface area contributed by atoms with Crippen LogP contribution >= 0.6 is 24.8 Å². The van der Waals surface area contributed by atoms with E-state index >= 15 is 0 Å². The molecule has 3 aromatic carbocycles. The third kappa shape index (κ3) is 9.11. The molecule has 186 valence electrons. The van der Waals surface area contributed by atoms with E-state index in [0.29, 0.717) is 5.92 Å². The second-order valence-electron chi connectivity index (χ2n) is 7.23. The first-order chi connectivity index (χ1) is 14.4. The summed E-state index contributed by atoms with van der Waals surface area (Å²) in [5.74, 6) is 2.17. The molecule has 0 spiro atoms. The molecule has 2 nitrogen and oxygen atoms in total. The molecule has 0 heterocycles. The number of ether oxygens (including phenoxy) is 2. The van der Waals surface area contributed by atoms with Gasteiger partial charge in [-0.25, -0.2) is 5.57 Å². The molecule has 4 rings (SSSR count). The van der Waals surface area contributed by atoms with Gasteiger partial charge in [0.2, 0.25) is 0 Å². The summed E-state index contributed by atoms with van der Waals surface area (Å²) < 4.78 is 10.7. The molecule has 1 atom stereocenters. The topological polar surface area (TPSA) is 18.5 Å². The Morgan fingerprint density at radius 1 is 0.912 bits per heavy atom. The predicted octanol–water partition coefficient (Wildman–Crippen LogP) is 8.33. The fraction of sp³-hybridized carbons (Fsp3) is 0.250. The van der Waals surface area contributed by atoms with E-state index < -0.39 is 0 Å². The van der Waals surface area contributed by atoms with Crippen LogP contribution in [0.4, 0.5) is 0 Å². The summed E-state index contributed by atoms with van der Waals surface area (Å²) in [7, 11) is 3.34. The molecule has 0 amide bonds. The second kappa shape index (κ2) is 18.1. The number of rotatable bonds is 3. The van der Waals surface area contributed by atoms with Crippen LogP contribution in [0.3, 0.4) is 0 Å². The molecule has 0 N–H and O–H groups in total. The zero-order valence-electron chi connectivity index (χ0n) is 21.4. The molecule has 0 aliphatic heterocycles. The monoisotopic (exact) mass is 592 g/mol. The molecular weight excluding hydrogens is 559 g/mol. The van der Waals surface area contributed by atoms with Crippen molar-refractivity contribution in [1.82, 2.24) is 0 Å². The molecule has 0 saturated carbocycles. The summed E-state index contributed by atoms with van der Waals surface area (Å²) in [4.78, 5) is 0. The third-order valence-corrected chi connectivity index (χ3v) is 5.58. The van der Waals surface area contributed by atoms with Gasteiger partial charge in [0.05, 0.1) is 14.2 Å². The van der Waals surface area contributed by atoms with Gasteiger partial charge < -0.3 is 24.3 Å². The standard InChI is InChI=1S/C17H15O2.C9H13.2CH3.2ClH.Si.Zr/c1-18-14-9-13(10-15(11-14)19-2)17-8-7-12-5-3-4-6-16(12)17;1-6-5-7(2)9(4)8(6)3;;;;;;/h3-11H,1-2H3;6H,1-4H3;2*1H3;2*1H;;/q4*-1;;;;. The molecule has 1 aliphatic carbocycles. The van der Waals surface area contributed by atoms with Crippen LogP contribution < -0.4 is 9.47 Å². The van der Waals surface area contributed by atoms with Gasteiger partial charge in [-0.15, -0.1) is 78.4 Å². The number of hydrogen-bond acceptors (Lipinski definition) is 2. The van der Waals surface area contributed by atoms with Gasteiger partial charge in [-0.1, -0.05) is 38.3 Å². The van der Waals surface area contributed by atoms with Crippen molar-refractivity contribution in [3.8, 4) is 22.6 Å². The molecule has 6 heteroatoms. The molecule has 1 aliphatic rings. The molecule has 3 aromatic rings. The van der Waals surface area contributed by atoms with Crippen molar-refractivity contribution in [2.75, 3.05) is 14.2 Å². The van der Waals surface area contributed by atoms with Crippen molar-refractivity contribution in [2.45, 2.75) is 27.7 Å². The number of halogens is 2. The van der Waals surface area contributed by atoms with Crippen LogP contribution in [0.25, 0.3) is 21.9 Å². The minimum absolute atomic E-state index is 0. The van der Waals surface area contributed by atoms with E-state index in [9.17, 15) is 0 Å². The quantitative estimate of drug-likeness (QED) is 0.224. The predicted molar refractivity (Wildman–Crippen MR) is 151 cm³/mol. The van der Waals surface area contributed by atoms with Gasteiger partial charge in [-0.3, -0.25) is 6.08 Å². The maximum absolute atomic E-state index is 5.33. The van der Waals surface area contributed by atoms with E-state index in [0.717, 1.165) is 17.1 Å². The van der Waals surface area contributed by atoms with E-state index in [4.69, 9.17) is 9.47 Å². The van der Waals surface area contributed by atoms with Gasteiger partial charge in [0, 0.05) is 6.07 Å². The summed E-state index contributed by atoms with van der Waals surface area (Å²) in [6.45, 7) is 11.7. The first-order valence-corrected chi connectivity index (χ1v) is 14.0. The molecule has 1 unspecified atom stereocenters. The van der Waals surface area contributed by atoms with E-state index in [2.05, 4.69) is 77.0 Å². The molecule has 34 heavy (non-hydrogen) atoms. The molecule has 2 radical (unpaired) electrons.